The zero-order valence-corrected chi connectivity index (χ0v) is 6.44. The van der Waals surface area contributed by atoms with E-state index >= 15 is 0 Å². The van der Waals surface area contributed by atoms with Gasteiger partial charge in [-0.05, 0) is 18.1 Å². The molecule has 0 fully saturated rings. The van der Waals surface area contributed by atoms with E-state index in [1.807, 2.05) is 19.2 Å². The Kier molecular flexibility index (Phi) is 2.32. The van der Waals surface area contributed by atoms with Crippen molar-refractivity contribution in [1.82, 2.24) is 0 Å². The molecular weight excluding hydrogens is 122 g/mol. The van der Waals surface area contributed by atoms with Crippen LogP contribution in [0.5, 0.6) is 0 Å². The maximum Gasteiger partial charge on any atom is 0.0420 e. The van der Waals surface area contributed by atoms with Crippen molar-refractivity contribution >= 4 is 5.69 Å². The fourth-order valence-electron chi connectivity index (χ4n) is 0.869. The van der Waals surface area contributed by atoms with E-state index in [1.165, 1.54) is 5.56 Å². The third kappa shape index (κ3) is 1.50. The van der Waals surface area contributed by atoms with Crippen molar-refractivity contribution in [2.75, 3.05) is 12.4 Å². The van der Waals surface area contributed by atoms with E-state index in [0.717, 1.165) is 12.1 Å². The molecule has 1 heteroatoms. The number of rotatable bonds is 2. The lowest BCUT2D eigenvalue weighted by Gasteiger charge is -1.99. The van der Waals surface area contributed by atoms with Crippen LogP contribution in [0.1, 0.15) is 12.5 Å². The molecule has 0 bridgehead atoms. The van der Waals surface area contributed by atoms with Gasteiger partial charge in [-0.25, -0.2) is 0 Å². The third-order valence-electron chi connectivity index (χ3n) is 1.51. The molecule has 53 valence electrons. The van der Waals surface area contributed by atoms with Crippen molar-refractivity contribution in [1.29, 1.82) is 0 Å². The van der Waals surface area contributed by atoms with Gasteiger partial charge in [-0.3, -0.25) is 0 Å². The van der Waals surface area contributed by atoms with E-state index in [-0.39, 0.29) is 0 Å². The monoisotopic (exact) mass is 134 g/mol. The van der Waals surface area contributed by atoms with E-state index in [2.05, 4.69) is 24.4 Å². The van der Waals surface area contributed by atoms with Gasteiger partial charge in [0.25, 0.3) is 0 Å². The first-order valence-corrected chi connectivity index (χ1v) is 3.55. The van der Waals surface area contributed by atoms with Crippen LogP contribution in [0.2, 0.25) is 0 Å². The highest BCUT2D eigenvalue weighted by atomic mass is 14.8. The minimum absolute atomic E-state index is 1.05. The first-order valence-electron chi connectivity index (χ1n) is 3.55. The molecule has 10 heavy (non-hydrogen) atoms. The number of hydrogen-bond donors (Lipinski definition) is 1. The molecule has 0 aromatic heterocycles. The first kappa shape index (κ1) is 7.13. The van der Waals surface area contributed by atoms with Crippen LogP contribution in [-0.2, 0) is 6.42 Å². The molecule has 0 aliphatic rings. The SMILES string of the molecule is CCc1[c]c(NC)ccc1. The summed E-state index contributed by atoms with van der Waals surface area (Å²) in [5.41, 5.74) is 2.33. The highest BCUT2D eigenvalue weighted by Crippen LogP contribution is 2.08. The molecule has 1 rings (SSSR count). The standard InChI is InChI=1S/C9H12N/c1-3-8-5-4-6-9(7-8)10-2/h4-6,10H,3H2,1-2H3. The molecule has 0 spiro atoms. The molecule has 0 aliphatic heterocycles. The molecule has 0 saturated carbocycles. The summed E-state index contributed by atoms with van der Waals surface area (Å²) in [7, 11) is 1.91. The quantitative estimate of drug-likeness (QED) is 0.653. The van der Waals surface area contributed by atoms with Crippen LogP contribution < -0.4 is 5.32 Å². The highest BCUT2D eigenvalue weighted by Gasteiger charge is 1.89. The second kappa shape index (κ2) is 3.25. The third-order valence-corrected chi connectivity index (χ3v) is 1.51. The van der Waals surface area contributed by atoms with Gasteiger partial charge in [0.2, 0.25) is 0 Å². The molecule has 1 aromatic carbocycles. The Balaban J connectivity index is 2.87. The number of hydrogen-bond acceptors (Lipinski definition) is 1. The molecular formula is C9H12N. The van der Waals surface area contributed by atoms with E-state index in [0.29, 0.717) is 0 Å². The Morgan fingerprint density at radius 2 is 2.30 bits per heavy atom. The van der Waals surface area contributed by atoms with Crippen molar-refractivity contribution in [3.05, 3.63) is 29.8 Å². The summed E-state index contributed by atoms with van der Waals surface area (Å²) < 4.78 is 0. The average molecular weight is 134 g/mol. The van der Waals surface area contributed by atoms with Crippen LogP contribution in [0.4, 0.5) is 5.69 Å². The molecule has 1 nitrogen and oxygen atoms in total. The minimum Gasteiger partial charge on any atom is -0.388 e. The van der Waals surface area contributed by atoms with E-state index in [9.17, 15) is 0 Å². The summed E-state index contributed by atoms with van der Waals surface area (Å²) in [5.74, 6) is 0. The van der Waals surface area contributed by atoms with Gasteiger partial charge in [-0.2, -0.15) is 0 Å². The molecule has 0 heterocycles. The second-order valence-electron chi connectivity index (χ2n) is 2.19. The predicted octanol–water partition coefficient (Wildman–Crippen LogP) is 2.09. The number of anilines is 1. The zero-order valence-electron chi connectivity index (χ0n) is 6.44. The molecule has 0 unspecified atom stereocenters. The van der Waals surface area contributed by atoms with Crippen LogP contribution in [0, 0.1) is 6.07 Å². The zero-order chi connectivity index (χ0) is 7.40. The number of aryl methyl sites for hydroxylation is 1. The molecule has 1 aromatic rings. The van der Waals surface area contributed by atoms with Crippen LogP contribution in [0.25, 0.3) is 0 Å². The summed E-state index contributed by atoms with van der Waals surface area (Å²) in [6.07, 6.45) is 1.05. The van der Waals surface area contributed by atoms with E-state index in [4.69, 9.17) is 0 Å². The number of nitrogens with one attached hydrogen (secondary N) is 1. The Hall–Kier alpha value is -0.980. The van der Waals surface area contributed by atoms with Crippen molar-refractivity contribution in [3.8, 4) is 0 Å². The van der Waals surface area contributed by atoms with Crippen LogP contribution >= 0.6 is 0 Å². The minimum atomic E-state index is 1.05. The fourth-order valence-corrected chi connectivity index (χ4v) is 0.869. The summed E-state index contributed by atoms with van der Waals surface area (Å²) in [4.78, 5) is 0. The van der Waals surface area contributed by atoms with E-state index in [1.54, 1.807) is 0 Å². The molecule has 1 radical (unpaired) electrons. The normalized spacial score (nSPS) is 9.40. The van der Waals surface area contributed by atoms with Gasteiger partial charge in [0.05, 0.1) is 0 Å². The van der Waals surface area contributed by atoms with Gasteiger partial charge in [0.1, 0.15) is 0 Å². The Morgan fingerprint density at radius 3 is 2.90 bits per heavy atom. The second-order valence-corrected chi connectivity index (χ2v) is 2.19. The maximum atomic E-state index is 3.23. The fraction of sp³-hybridized carbons (Fsp3) is 0.333. The maximum absolute atomic E-state index is 3.23. The van der Waals surface area contributed by atoms with Crippen LogP contribution in [0.3, 0.4) is 0 Å². The Morgan fingerprint density at radius 1 is 1.50 bits per heavy atom. The molecule has 0 atom stereocenters. The Labute approximate surface area is 62.1 Å². The average Bonchev–Trinajstić information content (AvgIpc) is 2.05. The van der Waals surface area contributed by atoms with Gasteiger partial charge in [-0.15, -0.1) is 0 Å². The lowest BCUT2D eigenvalue weighted by atomic mass is 10.1. The van der Waals surface area contributed by atoms with Crippen LogP contribution in [-0.4, -0.2) is 7.05 Å². The number of benzene rings is 1. The largest absolute Gasteiger partial charge is 0.388 e. The van der Waals surface area contributed by atoms with Gasteiger partial charge < -0.3 is 5.32 Å². The molecule has 0 aliphatic carbocycles. The van der Waals surface area contributed by atoms with Crippen LogP contribution in [0.15, 0.2) is 18.2 Å². The molecule has 0 amide bonds. The van der Waals surface area contributed by atoms with Crippen molar-refractivity contribution in [2.24, 2.45) is 0 Å². The first-order chi connectivity index (χ1) is 4.86. The lowest BCUT2D eigenvalue weighted by molar-refractivity contribution is 1.14. The summed E-state index contributed by atoms with van der Waals surface area (Å²) >= 11 is 0. The van der Waals surface area contributed by atoms with Gasteiger partial charge in [-0.1, -0.05) is 19.1 Å². The molecule has 0 saturated heterocycles. The van der Waals surface area contributed by atoms with Crippen molar-refractivity contribution < 1.29 is 0 Å². The smallest absolute Gasteiger partial charge is 0.0420 e. The summed E-state index contributed by atoms with van der Waals surface area (Å²) in [5, 5.41) is 3.05. The Bertz CT molecular complexity index is 186. The van der Waals surface area contributed by atoms with Gasteiger partial charge in [0, 0.05) is 18.8 Å². The predicted molar refractivity (Wildman–Crippen MR) is 44.2 cm³/mol. The van der Waals surface area contributed by atoms with Gasteiger partial charge >= 0.3 is 0 Å². The van der Waals surface area contributed by atoms with Crippen molar-refractivity contribution in [2.45, 2.75) is 13.3 Å². The topological polar surface area (TPSA) is 12.0 Å². The lowest BCUT2D eigenvalue weighted by Crippen LogP contribution is -1.89. The highest BCUT2D eigenvalue weighted by molar-refractivity contribution is 5.43. The van der Waals surface area contributed by atoms with E-state index < -0.39 is 0 Å². The molecule has 1 N–H and O–H groups in total. The summed E-state index contributed by atoms with van der Waals surface area (Å²) in [6, 6.07) is 9.37. The van der Waals surface area contributed by atoms with Gasteiger partial charge in [0.15, 0.2) is 0 Å². The van der Waals surface area contributed by atoms with Crippen molar-refractivity contribution in [3.63, 3.8) is 0 Å². The summed E-state index contributed by atoms with van der Waals surface area (Å²) in [6.45, 7) is 2.13.